The van der Waals surface area contributed by atoms with E-state index in [0.717, 1.165) is 0 Å². The van der Waals surface area contributed by atoms with E-state index in [4.69, 9.17) is 0 Å². The minimum atomic E-state index is -4.96. The minimum Gasteiger partial charge on any atom is -0.427 e. The molecule has 0 radical (unpaired) electrons. The van der Waals surface area contributed by atoms with Crippen molar-refractivity contribution in [2.75, 3.05) is 0 Å². The van der Waals surface area contributed by atoms with Gasteiger partial charge in [0.15, 0.2) is 11.6 Å². The van der Waals surface area contributed by atoms with Gasteiger partial charge in [0.25, 0.3) is 5.83 Å². The number of halogens is 7. The maximum absolute atomic E-state index is 12.6. The molecule has 0 fully saturated rings. The quantitative estimate of drug-likeness (QED) is 0.746. The highest BCUT2D eigenvalue weighted by Crippen LogP contribution is 2.32. The molecular weight excluding hydrogens is 257 g/mol. The second-order valence-corrected chi connectivity index (χ2v) is 2.77. The Kier molecular flexibility index (Phi) is 3.64. The number of hydrogen-bond donors (Lipinski definition) is 0. The van der Waals surface area contributed by atoms with Crippen LogP contribution in [0.5, 0.6) is 5.75 Å². The lowest BCUT2D eigenvalue weighted by atomic mass is 10.3. The SMILES string of the molecule is FC(F)=C(F)C(F)(F)Oc1ccc(F)c(F)c1. The topological polar surface area (TPSA) is 9.23 Å². The molecule has 94 valence electrons. The molecule has 0 saturated heterocycles. The Hall–Kier alpha value is -1.73. The van der Waals surface area contributed by atoms with Crippen LogP contribution in [0.3, 0.4) is 0 Å². The molecule has 0 saturated carbocycles. The second kappa shape index (κ2) is 4.64. The van der Waals surface area contributed by atoms with E-state index in [1.54, 1.807) is 0 Å². The normalized spacial score (nSPS) is 11.2. The molecular formula is C9H3F7O. The molecule has 0 aliphatic heterocycles. The van der Waals surface area contributed by atoms with Crippen molar-refractivity contribution in [2.24, 2.45) is 0 Å². The van der Waals surface area contributed by atoms with Crippen molar-refractivity contribution >= 4 is 0 Å². The summed E-state index contributed by atoms with van der Waals surface area (Å²) in [6, 6.07) is 1.14. The summed E-state index contributed by atoms with van der Waals surface area (Å²) >= 11 is 0. The van der Waals surface area contributed by atoms with Crippen LogP contribution in [-0.2, 0) is 0 Å². The van der Waals surface area contributed by atoms with Gasteiger partial charge in [-0.3, -0.25) is 0 Å². The largest absolute Gasteiger partial charge is 0.459 e. The van der Waals surface area contributed by atoms with Crippen molar-refractivity contribution in [3.8, 4) is 5.75 Å². The Morgan fingerprint density at radius 2 is 1.59 bits per heavy atom. The molecule has 8 heteroatoms. The molecule has 0 bridgehead atoms. The smallest absolute Gasteiger partial charge is 0.427 e. The number of hydrogen-bond acceptors (Lipinski definition) is 1. The van der Waals surface area contributed by atoms with E-state index >= 15 is 0 Å². The molecule has 0 aromatic heterocycles. The number of ether oxygens (including phenoxy) is 1. The van der Waals surface area contributed by atoms with Gasteiger partial charge in [0, 0.05) is 6.07 Å². The van der Waals surface area contributed by atoms with E-state index < -0.39 is 35.4 Å². The molecule has 0 aliphatic carbocycles. The van der Waals surface area contributed by atoms with Crippen LogP contribution in [0.15, 0.2) is 30.1 Å². The van der Waals surface area contributed by atoms with Gasteiger partial charge in [-0.15, -0.1) is 0 Å². The lowest BCUT2D eigenvalue weighted by molar-refractivity contribution is -0.159. The predicted octanol–water partition coefficient (Wildman–Crippen LogP) is 4.01. The summed E-state index contributed by atoms with van der Waals surface area (Å²) in [5, 5.41) is 0. The molecule has 0 heterocycles. The van der Waals surface area contributed by atoms with Gasteiger partial charge in [0.05, 0.1) is 0 Å². The standard InChI is InChI=1S/C9H3F7O/c10-5-2-1-4(3-6(5)11)17-9(15,16)7(12)8(13)14/h1-3H. The summed E-state index contributed by atoms with van der Waals surface area (Å²) in [4.78, 5) is 0. The second-order valence-electron chi connectivity index (χ2n) is 2.77. The average Bonchev–Trinajstić information content (AvgIpc) is 2.22. The van der Waals surface area contributed by atoms with Crippen molar-refractivity contribution < 1.29 is 35.5 Å². The summed E-state index contributed by atoms with van der Waals surface area (Å²) in [5.41, 5.74) is 0. The Balaban J connectivity index is 2.98. The molecule has 0 atom stereocenters. The van der Waals surface area contributed by atoms with Crippen LogP contribution < -0.4 is 4.74 Å². The van der Waals surface area contributed by atoms with E-state index in [0.29, 0.717) is 12.1 Å². The van der Waals surface area contributed by atoms with Crippen LogP contribution in [0.4, 0.5) is 30.7 Å². The van der Waals surface area contributed by atoms with Crippen LogP contribution in [0.25, 0.3) is 0 Å². The third-order valence-electron chi connectivity index (χ3n) is 1.56. The van der Waals surface area contributed by atoms with Gasteiger partial charge in [-0.25, -0.2) is 8.78 Å². The van der Waals surface area contributed by atoms with Crippen LogP contribution in [0.2, 0.25) is 0 Å². The summed E-state index contributed by atoms with van der Waals surface area (Å²) in [6.07, 6.45) is -8.22. The van der Waals surface area contributed by atoms with Crippen molar-refractivity contribution in [2.45, 2.75) is 6.11 Å². The zero-order valence-electron chi connectivity index (χ0n) is 7.79. The van der Waals surface area contributed by atoms with Crippen molar-refractivity contribution in [3.05, 3.63) is 41.7 Å². The molecule has 0 amide bonds. The summed E-state index contributed by atoms with van der Waals surface area (Å²) in [6.45, 7) is 0. The highest BCUT2D eigenvalue weighted by molar-refractivity contribution is 5.24. The van der Waals surface area contributed by atoms with E-state index in [-0.39, 0.29) is 6.07 Å². The van der Waals surface area contributed by atoms with Gasteiger partial charge >= 0.3 is 12.2 Å². The van der Waals surface area contributed by atoms with E-state index in [9.17, 15) is 30.7 Å². The first kappa shape index (κ1) is 13.3. The van der Waals surface area contributed by atoms with Gasteiger partial charge < -0.3 is 4.74 Å². The maximum atomic E-state index is 12.6. The average molecular weight is 260 g/mol. The molecule has 17 heavy (non-hydrogen) atoms. The van der Waals surface area contributed by atoms with Crippen LogP contribution in [-0.4, -0.2) is 6.11 Å². The first-order valence-corrected chi connectivity index (χ1v) is 3.97. The Morgan fingerprint density at radius 1 is 1.00 bits per heavy atom. The summed E-state index contributed by atoms with van der Waals surface area (Å²) in [7, 11) is 0. The zero-order chi connectivity index (χ0) is 13.2. The third kappa shape index (κ3) is 3.11. The van der Waals surface area contributed by atoms with Crippen LogP contribution in [0, 0.1) is 11.6 Å². The van der Waals surface area contributed by atoms with Gasteiger partial charge in [-0.05, 0) is 12.1 Å². The Morgan fingerprint density at radius 3 is 2.06 bits per heavy atom. The van der Waals surface area contributed by atoms with Gasteiger partial charge in [0.1, 0.15) is 5.75 Å². The van der Waals surface area contributed by atoms with E-state index in [2.05, 4.69) is 4.74 Å². The monoisotopic (exact) mass is 260 g/mol. The number of alkyl halides is 2. The zero-order valence-corrected chi connectivity index (χ0v) is 7.79. The van der Waals surface area contributed by atoms with Gasteiger partial charge in [0.2, 0.25) is 0 Å². The van der Waals surface area contributed by atoms with Crippen molar-refractivity contribution in [1.29, 1.82) is 0 Å². The van der Waals surface area contributed by atoms with Crippen molar-refractivity contribution in [3.63, 3.8) is 0 Å². The Bertz CT molecular complexity index is 451. The van der Waals surface area contributed by atoms with Gasteiger partial charge in [-0.2, -0.15) is 22.0 Å². The lowest BCUT2D eigenvalue weighted by Gasteiger charge is -2.15. The highest BCUT2D eigenvalue weighted by atomic mass is 19.3. The van der Waals surface area contributed by atoms with Gasteiger partial charge in [-0.1, -0.05) is 0 Å². The molecule has 1 aromatic rings. The molecule has 1 nitrogen and oxygen atoms in total. The minimum absolute atomic E-state index is 0.173. The first-order chi connectivity index (χ1) is 7.74. The van der Waals surface area contributed by atoms with E-state index in [1.807, 2.05) is 0 Å². The number of benzene rings is 1. The van der Waals surface area contributed by atoms with Crippen molar-refractivity contribution in [1.82, 2.24) is 0 Å². The first-order valence-electron chi connectivity index (χ1n) is 3.97. The summed E-state index contributed by atoms with van der Waals surface area (Å²) in [5.74, 6) is -6.98. The summed E-state index contributed by atoms with van der Waals surface area (Å²) < 4.78 is 89.2. The fourth-order valence-electron chi connectivity index (χ4n) is 0.843. The molecule has 1 rings (SSSR count). The molecule has 0 spiro atoms. The lowest BCUT2D eigenvalue weighted by Crippen LogP contribution is -2.26. The Labute approximate surface area is 90.1 Å². The fourth-order valence-corrected chi connectivity index (χ4v) is 0.843. The van der Waals surface area contributed by atoms with Crippen LogP contribution in [0.1, 0.15) is 0 Å². The predicted molar refractivity (Wildman–Crippen MR) is 42.3 cm³/mol. The van der Waals surface area contributed by atoms with E-state index in [1.165, 1.54) is 0 Å². The fraction of sp³-hybridized carbons (Fsp3) is 0.111. The molecule has 0 N–H and O–H groups in total. The molecule has 0 aliphatic rings. The van der Waals surface area contributed by atoms with Crippen LogP contribution >= 0.6 is 0 Å². The highest BCUT2D eigenvalue weighted by Gasteiger charge is 2.42. The number of rotatable bonds is 3. The maximum Gasteiger partial charge on any atom is 0.459 e. The molecule has 0 unspecified atom stereocenters. The molecule has 1 aromatic carbocycles. The third-order valence-corrected chi connectivity index (χ3v) is 1.56.